The van der Waals surface area contributed by atoms with Crippen LogP contribution in [0.25, 0.3) is 0 Å². The van der Waals surface area contributed by atoms with Gasteiger partial charge in [0, 0.05) is 5.33 Å². The molecule has 0 aliphatic carbocycles. The fourth-order valence-electron chi connectivity index (χ4n) is 0.990. The molecule has 0 spiro atoms. The van der Waals surface area contributed by atoms with Gasteiger partial charge in [-0.1, -0.05) is 15.9 Å². The molecule has 0 saturated carbocycles. The molecule has 2 nitrogen and oxygen atoms in total. The normalized spacial score (nSPS) is 10.7. The van der Waals surface area contributed by atoms with Crippen LogP contribution in [-0.2, 0) is 5.33 Å². The molecule has 1 aromatic rings. The van der Waals surface area contributed by atoms with Gasteiger partial charge in [-0.15, -0.1) is 0 Å². The molecule has 0 aliphatic heterocycles. The average Bonchev–Trinajstić information content (AvgIpc) is 2.16. The third kappa shape index (κ3) is 2.53. The molecule has 14 heavy (non-hydrogen) atoms. The third-order valence-corrected chi connectivity index (χ3v) is 2.93. The van der Waals surface area contributed by atoms with Gasteiger partial charge in [-0.2, -0.15) is 0 Å². The summed E-state index contributed by atoms with van der Waals surface area (Å²) in [6.45, 7) is 0. The van der Waals surface area contributed by atoms with E-state index in [2.05, 4.69) is 20.9 Å². The van der Waals surface area contributed by atoms with E-state index in [4.69, 9.17) is 4.74 Å². The quantitative estimate of drug-likeness (QED) is 0.594. The van der Waals surface area contributed by atoms with Crippen LogP contribution in [0.15, 0.2) is 6.07 Å². The lowest BCUT2D eigenvalue weighted by atomic mass is 10.3. The van der Waals surface area contributed by atoms with Crippen molar-refractivity contribution in [1.29, 1.82) is 0 Å². The number of ether oxygens (including phenoxy) is 1. The summed E-state index contributed by atoms with van der Waals surface area (Å²) in [4.78, 5) is 3.80. The largest absolute Gasteiger partial charge is 0.493 e. The predicted molar refractivity (Wildman–Crippen MR) is 61.1 cm³/mol. The first-order valence-electron chi connectivity index (χ1n) is 3.67. The van der Waals surface area contributed by atoms with Crippen LogP contribution in [0, 0.1) is 3.57 Å². The molecule has 0 atom stereocenters. The van der Waals surface area contributed by atoms with Gasteiger partial charge in [0.2, 0.25) is 0 Å². The van der Waals surface area contributed by atoms with Crippen molar-refractivity contribution in [3.05, 3.63) is 21.0 Å². The molecule has 0 saturated heterocycles. The number of hydrogen-bond donors (Lipinski definition) is 0. The van der Waals surface area contributed by atoms with Crippen LogP contribution in [0.1, 0.15) is 17.8 Å². The van der Waals surface area contributed by atoms with Gasteiger partial charge in [-0.3, -0.25) is 0 Å². The maximum absolute atomic E-state index is 12.5. The highest BCUT2D eigenvalue weighted by Gasteiger charge is 2.19. The second-order valence-corrected chi connectivity index (χ2v) is 4.17. The summed E-state index contributed by atoms with van der Waals surface area (Å²) >= 11 is 5.12. The van der Waals surface area contributed by atoms with Crippen LogP contribution in [0.4, 0.5) is 8.78 Å². The maximum atomic E-state index is 12.5. The summed E-state index contributed by atoms with van der Waals surface area (Å²) in [6.07, 6.45) is -2.61. The molecule has 1 heterocycles. The Morgan fingerprint density at radius 3 is 2.71 bits per heavy atom. The minimum Gasteiger partial charge on any atom is -0.493 e. The van der Waals surface area contributed by atoms with Crippen molar-refractivity contribution in [3.63, 3.8) is 0 Å². The highest BCUT2D eigenvalue weighted by molar-refractivity contribution is 14.1. The Morgan fingerprint density at radius 1 is 1.64 bits per heavy atom. The summed E-state index contributed by atoms with van der Waals surface area (Å²) in [5.41, 5.74) is 0.277. The van der Waals surface area contributed by atoms with Crippen LogP contribution in [0.2, 0.25) is 0 Å². The Bertz CT molecular complexity index is 335. The number of hydrogen-bond acceptors (Lipinski definition) is 2. The van der Waals surface area contributed by atoms with E-state index in [-0.39, 0.29) is 11.4 Å². The molecule has 0 aromatic carbocycles. The number of rotatable bonds is 3. The van der Waals surface area contributed by atoms with Gasteiger partial charge in [0.05, 0.1) is 16.4 Å². The molecular weight excluding hydrogens is 371 g/mol. The van der Waals surface area contributed by atoms with Gasteiger partial charge in [0.15, 0.2) is 5.75 Å². The number of aromatic nitrogens is 1. The lowest BCUT2D eigenvalue weighted by Crippen LogP contribution is -2.01. The molecule has 0 radical (unpaired) electrons. The second kappa shape index (κ2) is 5.20. The molecule has 1 rings (SSSR count). The Morgan fingerprint density at radius 2 is 2.29 bits per heavy atom. The number of alkyl halides is 3. The van der Waals surface area contributed by atoms with Crippen molar-refractivity contribution in [3.8, 4) is 5.75 Å². The average molecular weight is 378 g/mol. The minimum absolute atomic E-state index is 0.158. The molecule has 0 aliphatic rings. The molecule has 0 N–H and O–H groups in total. The summed E-state index contributed by atoms with van der Waals surface area (Å²) in [5, 5.41) is 0.451. The molecule has 0 fully saturated rings. The highest BCUT2D eigenvalue weighted by atomic mass is 127. The molecule has 1 aromatic heterocycles. The molecule has 6 heteroatoms. The van der Waals surface area contributed by atoms with Gasteiger partial charge in [-0.25, -0.2) is 13.8 Å². The van der Waals surface area contributed by atoms with E-state index < -0.39 is 6.43 Å². The van der Waals surface area contributed by atoms with Crippen LogP contribution in [0.3, 0.4) is 0 Å². The zero-order valence-corrected chi connectivity index (χ0v) is 11.0. The molecule has 0 unspecified atom stereocenters. The summed E-state index contributed by atoms with van der Waals surface area (Å²) in [5.74, 6) is 0.158. The maximum Gasteiger partial charge on any atom is 0.284 e. The Hall–Kier alpha value is 0.0200. The summed E-state index contributed by atoms with van der Waals surface area (Å²) in [6, 6.07) is 1.71. The van der Waals surface area contributed by atoms with Crippen molar-refractivity contribution in [2.75, 3.05) is 7.11 Å². The predicted octanol–water partition coefficient (Wildman–Crippen LogP) is 3.53. The topological polar surface area (TPSA) is 22.1 Å². The van der Waals surface area contributed by atoms with Crippen molar-refractivity contribution >= 4 is 38.5 Å². The van der Waals surface area contributed by atoms with Gasteiger partial charge in [0.25, 0.3) is 6.43 Å². The second-order valence-electron chi connectivity index (χ2n) is 2.45. The van der Waals surface area contributed by atoms with Gasteiger partial charge in [0.1, 0.15) is 5.69 Å². The van der Waals surface area contributed by atoms with Crippen molar-refractivity contribution in [1.82, 2.24) is 4.98 Å². The number of nitrogens with zero attached hydrogens (tertiary/aromatic N) is 1. The zero-order valence-electron chi connectivity index (χ0n) is 7.23. The number of halogens is 4. The van der Waals surface area contributed by atoms with Gasteiger partial charge < -0.3 is 4.74 Å². The molecular formula is C8H7BrF2INO. The van der Waals surface area contributed by atoms with E-state index >= 15 is 0 Å². The third-order valence-electron chi connectivity index (χ3n) is 1.55. The van der Waals surface area contributed by atoms with Crippen LogP contribution < -0.4 is 4.74 Å². The van der Waals surface area contributed by atoms with E-state index in [1.54, 1.807) is 6.07 Å². The van der Waals surface area contributed by atoms with E-state index in [1.165, 1.54) is 7.11 Å². The van der Waals surface area contributed by atoms with E-state index in [1.807, 2.05) is 22.6 Å². The molecule has 0 amide bonds. The zero-order chi connectivity index (χ0) is 10.7. The van der Waals surface area contributed by atoms with E-state index in [0.29, 0.717) is 14.6 Å². The molecule has 78 valence electrons. The first kappa shape index (κ1) is 12.1. The van der Waals surface area contributed by atoms with Crippen molar-refractivity contribution in [2.45, 2.75) is 11.8 Å². The number of pyridine rings is 1. The standard InChI is InChI=1S/C8H7BrF2INO/c1-14-7-5(12)2-4(3-9)13-6(7)8(10)11/h2,8H,3H2,1H3. The Labute approximate surface area is 102 Å². The van der Waals surface area contributed by atoms with E-state index in [0.717, 1.165) is 0 Å². The molecule has 0 bridgehead atoms. The summed E-state index contributed by atoms with van der Waals surface area (Å²) < 4.78 is 30.6. The minimum atomic E-state index is -2.61. The first-order chi connectivity index (χ1) is 6.60. The fourth-order valence-corrected chi connectivity index (χ4v) is 2.13. The highest BCUT2D eigenvalue weighted by Crippen LogP contribution is 2.32. The lowest BCUT2D eigenvalue weighted by molar-refractivity contribution is 0.141. The van der Waals surface area contributed by atoms with Crippen molar-refractivity contribution < 1.29 is 13.5 Å². The van der Waals surface area contributed by atoms with Crippen LogP contribution >= 0.6 is 38.5 Å². The fraction of sp³-hybridized carbons (Fsp3) is 0.375. The SMILES string of the molecule is COc1c(I)cc(CBr)nc1C(F)F. The van der Waals surface area contributed by atoms with Crippen molar-refractivity contribution in [2.24, 2.45) is 0 Å². The lowest BCUT2D eigenvalue weighted by Gasteiger charge is -2.10. The number of methoxy groups -OCH3 is 1. The first-order valence-corrected chi connectivity index (χ1v) is 5.87. The van der Waals surface area contributed by atoms with Crippen LogP contribution in [0.5, 0.6) is 5.75 Å². The van der Waals surface area contributed by atoms with Gasteiger partial charge in [-0.05, 0) is 28.7 Å². The Kier molecular flexibility index (Phi) is 4.49. The van der Waals surface area contributed by atoms with Crippen LogP contribution in [-0.4, -0.2) is 12.1 Å². The Balaban J connectivity index is 3.28. The monoisotopic (exact) mass is 377 g/mol. The van der Waals surface area contributed by atoms with Gasteiger partial charge >= 0.3 is 0 Å². The smallest absolute Gasteiger partial charge is 0.284 e. The van der Waals surface area contributed by atoms with E-state index in [9.17, 15) is 8.78 Å². The summed E-state index contributed by atoms with van der Waals surface area (Å²) in [7, 11) is 1.36.